The number of hydrogen-bond acceptors (Lipinski definition) is 5. The van der Waals surface area contributed by atoms with E-state index in [0.29, 0.717) is 12.2 Å². The van der Waals surface area contributed by atoms with E-state index in [1.807, 2.05) is 13.8 Å². The van der Waals surface area contributed by atoms with Crippen LogP contribution in [0.5, 0.6) is 5.75 Å². The Morgan fingerprint density at radius 3 is 2.61 bits per heavy atom. The number of allylic oxidation sites excluding steroid dienone is 1. The van der Waals surface area contributed by atoms with Crippen molar-refractivity contribution in [3.63, 3.8) is 0 Å². The number of sulfonamides is 1. The first-order valence-electron chi connectivity index (χ1n) is 10.1. The highest BCUT2D eigenvalue weighted by Crippen LogP contribution is 2.27. The van der Waals surface area contributed by atoms with Gasteiger partial charge in [0, 0.05) is 6.54 Å². The van der Waals surface area contributed by atoms with Crippen molar-refractivity contribution in [1.82, 2.24) is 14.9 Å². The van der Waals surface area contributed by atoms with Crippen molar-refractivity contribution in [2.75, 3.05) is 25.4 Å². The van der Waals surface area contributed by atoms with Gasteiger partial charge in [0.15, 0.2) is 11.6 Å². The van der Waals surface area contributed by atoms with E-state index in [1.54, 1.807) is 26.0 Å². The van der Waals surface area contributed by atoms with Crippen LogP contribution in [0.25, 0.3) is 0 Å². The van der Waals surface area contributed by atoms with Crippen LogP contribution in [0.1, 0.15) is 39.7 Å². The van der Waals surface area contributed by atoms with E-state index >= 15 is 0 Å². The summed E-state index contributed by atoms with van der Waals surface area (Å²) in [6.45, 7) is 7.88. The molecule has 0 radical (unpaired) electrons. The standard InChI is InChI=1S/C21H30FN3O5S/c1-15(2)14-30-18-12-16(8-9-17(18)22)21(3,4)24-31(28,29)11-7-5-6-10-25-13-19(26)23-20(25)27/h5-6,8-9,12,15,24H,7,10-11,13-14H2,1-4H3,(H,23,26,27). The van der Waals surface area contributed by atoms with E-state index in [1.165, 1.54) is 23.1 Å². The number of nitrogens with zero attached hydrogens (tertiary/aromatic N) is 1. The van der Waals surface area contributed by atoms with Gasteiger partial charge in [-0.05, 0) is 43.9 Å². The Kier molecular flexibility index (Phi) is 8.19. The van der Waals surface area contributed by atoms with Crippen molar-refractivity contribution in [2.45, 2.75) is 39.7 Å². The molecule has 0 aromatic heterocycles. The average molecular weight is 456 g/mol. The second-order valence-corrected chi connectivity index (χ2v) is 10.2. The molecule has 172 valence electrons. The molecule has 0 atom stereocenters. The summed E-state index contributed by atoms with van der Waals surface area (Å²) in [5.74, 6) is -0.697. The number of ether oxygens (including phenoxy) is 1. The van der Waals surface area contributed by atoms with Gasteiger partial charge in [0.1, 0.15) is 6.54 Å². The zero-order valence-corrected chi connectivity index (χ0v) is 19.1. The zero-order chi connectivity index (χ0) is 23.2. The molecule has 10 heteroatoms. The van der Waals surface area contributed by atoms with Crippen LogP contribution in [0.15, 0.2) is 30.4 Å². The molecule has 1 aliphatic heterocycles. The van der Waals surface area contributed by atoms with Crippen LogP contribution in [0.4, 0.5) is 9.18 Å². The molecule has 2 N–H and O–H groups in total. The maximum atomic E-state index is 14.0. The van der Waals surface area contributed by atoms with Crippen LogP contribution in [-0.4, -0.2) is 50.7 Å². The molecule has 2 rings (SSSR count). The molecule has 1 aromatic rings. The molecule has 8 nitrogen and oxygen atoms in total. The fourth-order valence-corrected chi connectivity index (χ4v) is 4.37. The fraction of sp³-hybridized carbons (Fsp3) is 0.524. The number of rotatable bonds is 11. The minimum absolute atomic E-state index is 0.00222. The Morgan fingerprint density at radius 1 is 1.29 bits per heavy atom. The molecule has 1 saturated heterocycles. The van der Waals surface area contributed by atoms with Crippen molar-refractivity contribution in [3.05, 3.63) is 41.7 Å². The van der Waals surface area contributed by atoms with E-state index in [2.05, 4.69) is 10.0 Å². The SMILES string of the molecule is CC(C)COc1cc(C(C)(C)NS(=O)(=O)CCC=CCN2CC(=O)NC2=O)ccc1F. The van der Waals surface area contributed by atoms with Gasteiger partial charge in [-0.1, -0.05) is 32.1 Å². The fourth-order valence-electron chi connectivity index (χ4n) is 2.93. The number of halogens is 1. The van der Waals surface area contributed by atoms with Crippen LogP contribution in [-0.2, 0) is 20.4 Å². The summed E-state index contributed by atoms with van der Waals surface area (Å²) < 4.78 is 47.2. The lowest BCUT2D eigenvalue weighted by atomic mass is 9.95. The third-order valence-corrected chi connectivity index (χ3v) is 6.14. The second-order valence-electron chi connectivity index (χ2n) is 8.39. The minimum Gasteiger partial charge on any atom is -0.490 e. The van der Waals surface area contributed by atoms with E-state index in [-0.39, 0.29) is 42.8 Å². The van der Waals surface area contributed by atoms with Crippen molar-refractivity contribution in [3.8, 4) is 5.75 Å². The topological polar surface area (TPSA) is 105 Å². The molecule has 1 aliphatic rings. The first-order chi connectivity index (χ1) is 14.4. The first kappa shape index (κ1) is 24.8. The number of carbonyl (C=O) groups is 2. The van der Waals surface area contributed by atoms with Crippen molar-refractivity contribution >= 4 is 22.0 Å². The van der Waals surface area contributed by atoms with Crippen LogP contribution < -0.4 is 14.8 Å². The summed E-state index contributed by atoms with van der Waals surface area (Å²) in [6.07, 6.45) is 3.54. The van der Waals surface area contributed by atoms with Crippen LogP contribution in [0.3, 0.4) is 0 Å². The molecule has 0 unspecified atom stereocenters. The molecule has 1 fully saturated rings. The molecule has 0 spiro atoms. The van der Waals surface area contributed by atoms with Crippen molar-refractivity contribution < 1.29 is 27.1 Å². The monoisotopic (exact) mass is 455 g/mol. The van der Waals surface area contributed by atoms with Gasteiger partial charge >= 0.3 is 6.03 Å². The quantitative estimate of drug-likeness (QED) is 0.394. The van der Waals surface area contributed by atoms with Gasteiger partial charge in [-0.25, -0.2) is 22.3 Å². The summed E-state index contributed by atoms with van der Waals surface area (Å²) in [7, 11) is -3.64. The second kappa shape index (κ2) is 10.2. The predicted octanol–water partition coefficient (Wildman–Crippen LogP) is 2.51. The number of benzene rings is 1. The molecule has 0 aliphatic carbocycles. The first-order valence-corrected chi connectivity index (χ1v) is 11.7. The smallest absolute Gasteiger partial charge is 0.324 e. The number of carbonyl (C=O) groups excluding carboxylic acids is 2. The highest BCUT2D eigenvalue weighted by Gasteiger charge is 2.28. The van der Waals surface area contributed by atoms with E-state index < -0.39 is 27.4 Å². The van der Waals surface area contributed by atoms with Gasteiger partial charge in [0.25, 0.3) is 0 Å². The Labute approximate surface area is 182 Å². The van der Waals surface area contributed by atoms with Gasteiger partial charge in [0.2, 0.25) is 15.9 Å². The Morgan fingerprint density at radius 2 is 2.00 bits per heavy atom. The number of amides is 3. The Hall–Kier alpha value is -2.46. The number of urea groups is 1. The van der Waals surface area contributed by atoms with E-state index in [0.717, 1.165) is 0 Å². The summed E-state index contributed by atoms with van der Waals surface area (Å²) in [5.41, 5.74) is -0.392. The maximum Gasteiger partial charge on any atom is 0.324 e. The van der Waals surface area contributed by atoms with Gasteiger partial charge in [-0.2, -0.15) is 0 Å². The third kappa shape index (κ3) is 7.62. The summed E-state index contributed by atoms with van der Waals surface area (Å²) in [4.78, 5) is 23.9. The number of nitrogens with one attached hydrogen (secondary N) is 2. The highest BCUT2D eigenvalue weighted by molar-refractivity contribution is 7.89. The van der Waals surface area contributed by atoms with Crippen molar-refractivity contribution in [2.24, 2.45) is 5.92 Å². The number of imide groups is 1. The summed E-state index contributed by atoms with van der Waals surface area (Å²) in [5, 5.41) is 2.17. The average Bonchev–Trinajstić information content (AvgIpc) is 2.96. The van der Waals surface area contributed by atoms with Gasteiger partial charge < -0.3 is 9.64 Å². The maximum absolute atomic E-state index is 14.0. The van der Waals surface area contributed by atoms with Gasteiger partial charge in [-0.15, -0.1) is 0 Å². The van der Waals surface area contributed by atoms with Gasteiger partial charge in [0.05, 0.1) is 17.9 Å². The lowest BCUT2D eigenvalue weighted by Gasteiger charge is -2.27. The van der Waals surface area contributed by atoms with Crippen molar-refractivity contribution in [1.29, 1.82) is 0 Å². The molecular weight excluding hydrogens is 425 g/mol. The molecular formula is C21H30FN3O5S. The molecule has 31 heavy (non-hydrogen) atoms. The van der Waals surface area contributed by atoms with E-state index in [9.17, 15) is 22.4 Å². The normalized spacial score (nSPS) is 15.2. The van der Waals surface area contributed by atoms with Crippen LogP contribution in [0.2, 0.25) is 0 Å². The largest absolute Gasteiger partial charge is 0.490 e. The molecule has 1 heterocycles. The Balaban J connectivity index is 1.93. The third-order valence-electron chi connectivity index (χ3n) is 4.55. The lowest BCUT2D eigenvalue weighted by molar-refractivity contribution is -0.118. The van der Waals surface area contributed by atoms with Crippen LogP contribution >= 0.6 is 0 Å². The van der Waals surface area contributed by atoms with Crippen LogP contribution in [0, 0.1) is 11.7 Å². The van der Waals surface area contributed by atoms with Gasteiger partial charge in [-0.3, -0.25) is 10.1 Å². The Bertz CT molecular complexity index is 944. The molecule has 0 saturated carbocycles. The van der Waals surface area contributed by atoms with E-state index in [4.69, 9.17) is 4.74 Å². The summed E-state index contributed by atoms with van der Waals surface area (Å²) in [6, 6.07) is 3.86. The molecule has 1 aromatic carbocycles. The zero-order valence-electron chi connectivity index (χ0n) is 18.3. The summed E-state index contributed by atoms with van der Waals surface area (Å²) >= 11 is 0. The molecule has 3 amide bonds. The minimum atomic E-state index is -3.64. The predicted molar refractivity (Wildman–Crippen MR) is 116 cm³/mol. The molecule has 0 bridgehead atoms. The highest BCUT2D eigenvalue weighted by atomic mass is 32.2. The number of hydrogen-bond donors (Lipinski definition) is 2. The lowest BCUT2D eigenvalue weighted by Crippen LogP contribution is -2.42.